The van der Waals surface area contributed by atoms with Crippen LogP contribution in [0.3, 0.4) is 0 Å². The van der Waals surface area contributed by atoms with E-state index >= 15 is 0 Å². The highest BCUT2D eigenvalue weighted by atomic mass is 16.1. The SMILES string of the molecule is CC(=O)NC1CCCC2CCCC21. The minimum atomic E-state index is 0.151. The molecular formula is C11H19NO. The molecule has 0 bridgehead atoms. The number of carbonyl (C=O) groups excluding carboxylic acids is 1. The van der Waals surface area contributed by atoms with Gasteiger partial charge in [-0.2, -0.15) is 0 Å². The van der Waals surface area contributed by atoms with Crippen molar-refractivity contribution < 1.29 is 4.79 Å². The third kappa shape index (κ3) is 1.87. The fourth-order valence-electron chi connectivity index (χ4n) is 3.21. The van der Waals surface area contributed by atoms with E-state index in [4.69, 9.17) is 0 Å². The van der Waals surface area contributed by atoms with Gasteiger partial charge in [0.2, 0.25) is 5.91 Å². The Bertz CT molecular complexity index is 202. The Morgan fingerprint density at radius 1 is 1.15 bits per heavy atom. The summed E-state index contributed by atoms with van der Waals surface area (Å²) in [5.74, 6) is 1.88. The predicted octanol–water partition coefficient (Wildman–Crippen LogP) is 2.09. The lowest BCUT2D eigenvalue weighted by Crippen LogP contribution is -2.42. The monoisotopic (exact) mass is 181 g/mol. The molecule has 2 nitrogen and oxygen atoms in total. The Morgan fingerprint density at radius 3 is 2.54 bits per heavy atom. The highest BCUT2D eigenvalue weighted by Gasteiger charge is 2.36. The second-order valence-electron chi connectivity index (χ2n) is 4.59. The predicted molar refractivity (Wildman–Crippen MR) is 52.3 cm³/mol. The maximum absolute atomic E-state index is 11.0. The van der Waals surface area contributed by atoms with E-state index in [1.165, 1.54) is 38.5 Å². The molecule has 0 radical (unpaired) electrons. The van der Waals surface area contributed by atoms with Gasteiger partial charge in [0.1, 0.15) is 0 Å². The first-order valence-electron chi connectivity index (χ1n) is 5.54. The quantitative estimate of drug-likeness (QED) is 0.659. The minimum absolute atomic E-state index is 0.151. The normalized spacial score (nSPS) is 38.4. The van der Waals surface area contributed by atoms with E-state index in [2.05, 4.69) is 5.32 Å². The Morgan fingerprint density at radius 2 is 1.85 bits per heavy atom. The zero-order valence-corrected chi connectivity index (χ0v) is 8.38. The van der Waals surface area contributed by atoms with Gasteiger partial charge in [0.15, 0.2) is 0 Å². The van der Waals surface area contributed by atoms with Crippen molar-refractivity contribution in [2.45, 2.75) is 51.5 Å². The standard InChI is InChI=1S/C11H19NO/c1-8(13)12-11-7-3-5-9-4-2-6-10(9)11/h9-11H,2-7H2,1H3,(H,12,13). The van der Waals surface area contributed by atoms with Crippen molar-refractivity contribution in [3.05, 3.63) is 0 Å². The van der Waals surface area contributed by atoms with E-state index in [0.29, 0.717) is 6.04 Å². The number of amides is 1. The van der Waals surface area contributed by atoms with Crippen molar-refractivity contribution in [3.63, 3.8) is 0 Å². The topological polar surface area (TPSA) is 29.1 Å². The van der Waals surface area contributed by atoms with Crippen LogP contribution in [0.4, 0.5) is 0 Å². The van der Waals surface area contributed by atoms with Crippen LogP contribution in [0.5, 0.6) is 0 Å². The summed E-state index contributed by atoms with van der Waals surface area (Å²) in [7, 11) is 0. The molecule has 2 aliphatic carbocycles. The van der Waals surface area contributed by atoms with Crippen molar-refractivity contribution in [3.8, 4) is 0 Å². The maximum Gasteiger partial charge on any atom is 0.217 e. The zero-order valence-electron chi connectivity index (χ0n) is 8.38. The first-order valence-corrected chi connectivity index (χ1v) is 5.54. The number of rotatable bonds is 1. The van der Waals surface area contributed by atoms with E-state index in [0.717, 1.165) is 11.8 Å². The Labute approximate surface area is 80.1 Å². The Hall–Kier alpha value is -0.530. The van der Waals surface area contributed by atoms with E-state index in [1.54, 1.807) is 6.92 Å². The molecule has 1 amide bonds. The third-order valence-electron chi connectivity index (χ3n) is 3.71. The molecular weight excluding hydrogens is 162 g/mol. The van der Waals surface area contributed by atoms with Crippen molar-refractivity contribution in [1.82, 2.24) is 5.32 Å². The van der Waals surface area contributed by atoms with Crippen molar-refractivity contribution >= 4 is 5.91 Å². The highest BCUT2D eigenvalue weighted by Crippen LogP contribution is 2.42. The molecule has 1 N–H and O–H groups in total. The van der Waals surface area contributed by atoms with E-state index in [1.807, 2.05) is 0 Å². The van der Waals surface area contributed by atoms with Crippen LogP contribution in [0, 0.1) is 11.8 Å². The van der Waals surface area contributed by atoms with Gasteiger partial charge in [-0.05, 0) is 24.7 Å². The molecule has 2 saturated carbocycles. The third-order valence-corrected chi connectivity index (χ3v) is 3.71. The fourth-order valence-corrected chi connectivity index (χ4v) is 3.21. The van der Waals surface area contributed by atoms with Crippen LogP contribution in [0.15, 0.2) is 0 Å². The molecule has 3 atom stereocenters. The molecule has 2 rings (SSSR count). The maximum atomic E-state index is 11.0. The molecule has 3 unspecified atom stereocenters. The van der Waals surface area contributed by atoms with Gasteiger partial charge < -0.3 is 5.32 Å². The number of hydrogen-bond donors (Lipinski definition) is 1. The van der Waals surface area contributed by atoms with Crippen LogP contribution < -0.4 is 5.32 Å². The molecule has 2 heteroatoms. The Balaban J connectivity index is 1.97. The summed E-state index contributed by atoms with van der Waals surface area (Å²) in [4.78, 5) is 11.0. The molecule has 0 saturated heterocycles. The van der Waals surface area contributed by atoms with Gasteiger partial charge in [0.05, 0.1) is 0 Å². The van der Waals surface area contributed by atoms with Crippen LogP contribution in [0.1, 0.15) is 45.4 Å². The lowest BCUT2D eigenvalue weighted by atomic mass is 9.78. The molecule has 0 heterocycles. The molecule has 0 aromatic heterocycles. The van der Waals surface area contributed by atoms with Crippen LogP contribution in [-0.4, -0.2) is 11.9 Å². The first-order chi connectivity index (χ1) is 6.27. The van der Waals surface area contributed by atoms with Gasteiger partial charge >= 0.3 is 0 Å². The summed E-state index contributed by atoms with van der Waals surface area (Å²) >= 11 is 0. The number of hydrogen-bond acceptors (Lipinski definition) is 1. The van der Waals surface area contributed by atoms with Gasteiger partial charge in [-0.15, -0.1) is 0 Å². The second-order valence-corrected chi connectivity index (χ2v) is 4.59. The number of fused-ring (bicyclic) bond motifs is 1. The van der Waals surface area contributed by atoms with Gasteiger partial charge in [-0.1, -0.05) is 25.7 Å². The second kappa shape index (κ2) is 3.69. The number of carbonyl (C=O) groups is 1. The summed E-state index contributed by atoms with van der Waals surface area (Å²) < 4.78 is 0. The summed E-state index contributed by atoms with van der Waals surface area (Å²) in [5, 5.41) is 3.11. The van der Waals surface area contributed by atoms with Crippen LogP contribution >= 0.6 is 0 Å². The highest BCUT2D eigenvalue weighted by molar-refractivity contribution is 5.73. The molecule has 0 spiro atoms. The van der Waals surface area contributed by atoms with Gasteiger partial charge in [0, 0.05) is 13.0 Å². The van der Waals surface area contributed by atoms with Gasteiger partial charge in [-0.25, -0.2) is 0 Å². The Kier molecular flexibility index (Phi) is 2.56. The first kappa shape index (κ1) is 9.04. The molecule has 0 aliphatic heterocycles. The fraction of sp³-hybridized carbons (Fsp3) is 0.909. The van der Waals surface area contributed by atoms with Crippen LogP contribution in [-0.2, 0) is 4.79 Å². The number of nitrogens with one attached hydrogen (secondary N) is 1. The smallest absolute Gasteiger partial charge is 0.217 e. The minimum Gasteiger partial charge on any atom is -0.353 e. The van der Waals surface area contributed by atoms with E-state index in [9.17, 15) is 4.79 Å². The summed E-state index contributed by atoms with van der Waals surface area (Å²) in [6, 6.07) is 0.499. The van der Waals surface area contributed by atoms with E-state index < -0.39 is 0 Å². The lowest BCUT2D eigenvalue weighted by molar-refractivity contribution is -0.120. The molecule has 74 valence electrons. The summed E-state index contributed by atoms with van der Waals surface area (Å²) in [6.45, 7) is 1.64. The van der Waals surface area contributed by atoms with Crippen LogP contribution in [0.2, 0.25) is 0 Å². The van der Waals surface area contributed by atoms with Gasteiger partial charge in [0.25, 0.3) is 0 Å². The average molecular weight is 181 g/mol. The molecule has 13 heavy (non-hydrogen) atoms. The average Bonchev–Trinajstić information content (AvgIpc) is 2.51. The zero-order chi connectivity index (χ0) is 9.26. The summed E-state index contributed by atoms with van der Waals surface area (Å²) in [5.41, 5.74) is 0. The van der Waals surface area contributed by atoms with E-state index in [-0.39, 0.29) is 5.91 Å². The molecule has 0 aromatic rings. The lowest BCUT2D eigenvalue weighted by Gasteiger charge is -2.34. The summed E-state index contributed by atoms with van der Waals surface area (Å²) in [6.07, 6.45) is 8.05. The van der Waals surface area contributed by atoms with Crippen molar-refractivity contribution in [1.29, 1.82) is 0 Å². The van der Waals surface area contributed by atoms with Crippen LogP contribution in [0.25, 0.3) is 0 Å². The molecule has 2 aliphatic rings. The molecule has 2 fully saturated rings. The van der Waals surface area contributed by atoms with Crippen molar-refractivity contribution in [2.75, 3.05) is 0 Å². The molecule has 0 aromatic carbocycles. The largest absolute Gasteiger partial charge is 0.353 e. The van der Waals surface area contributed by atoms with Gasteiger partial charge in [-0.3, -0.25) is 4.79 Å². The van der Waals surface area contributed by atoms with Crippen molar-refractivity contribution in [2.24, 2.45) is 11.8 Å².